The topological polar surface area (TPSA) is 50.4 Å². The van der Waals surface area contributed by atoms with Gasteiger partial charge in [-0.15, -0.1) is 0 Å². The van der Waals surface area contributed by atoms with Crippen LogP contribution >= 0.6 is 0 Å². The van der Waals surface area contributed by atoms with Crippen LogP contribution in [-0.4, -0.2) is 39.3 Å². The Morgan fingerprint density at radius 2 is 2.57 bits per heavy atom. The van der Waals surface area contributed by atoms with Crippen molar-refractivity contribution in [1.82, 2.24) is 10.6 Å². The number of carbonyl (C=O) groups excluding carboxylic acids is 1. The van der Waals surface area contributed by atoms with Crippen LogP contribution in [0.25, 0.3) is 0 Å². The summed E-state index contributed by atoms with van der Waals surface area (Å²) in [7, 11) is 1.60. The average molecular weight is 198 g/mol. The number of carbonyl (C=O) groups is 1. The Bertz CT molecular complexity index is 214. The molecule has 0 radical (unpaired) electrons. The summed E-state index contributed by atoms with van der Waals surface area (Å²) < 4.78 is 4.82. The van der Waals surface area contributed by atoms with Crippen molar-refractivity contribution in [2.45, 2.75) is 12.8 Å². The monoisotopic (exact) mass is 198 g/mol. The van der Waals surface area contributed by atoms with Crippen molar-refractivity contribution in [1.29, 1.82) is 0 Å². The van der Waals surface area contributed by atoms with Crippen LogP contribution in [-0.2, 0) is 9.53 Å². The van der Waals surface area contributed by atoms with Gasteiger partial charge in [-0.2, -0.15) is 0 Å². The van der Waals surface area contributed by atoms with Crippen LogP contribution in [0.5, 0.6) is 0 Å². The summed E-state index contributed by atoms with van der Waals surface area (Å²) in [5, 5.41) is 6.10. The molecule has 0 saturated carbocycles. The lowest BCUT2D eigenvalue weighted by Gasteiger charge is -2.14. The molecule has 1 rings (SSSR count). The summed E-state index contributed by atoms with van der Waals surface area (Å²) in [6, 6.07) is 0. The molecule has 1 aliphatic rings. The van der Waals surface area contributed by atoms with E-state index in [1.165, 1.54) is 5.57 Å². The Morgan fingerprint density at radius 1 is 1.71 bits per heavy atom. The van der Waals surface area contributed by atoms with Crippen molar-refractivity contribution in [2.24, 2.45) is 0 Å². The largest absolute Gasteiger partial charge is 0.384 e. The predicted octanol–water partition coefficient (Wildman–Crippen LogP) is 0.0588. The molecule has 0 spiro atoms. The lowest BCUT2D eigenvalue weighted by Crippen LogP contribution is -2.30. The van der Waals surface area contributed by atoms with Crippen LogP contribution in [0.1, 0.15) is 12.8 Å². The molecule has 0 aromatic rings. The van der Waals surface area contributed by atoms with E-state index >= 15 is 0 Å². The van der Waals surface area contributed by atoms with Gasteiger partial charge in [0.1, 0.15) is 0 Å². The molecule has 80 valence electrons. The first-order valence-corrected chi connectivity index (χ1v) is 4.97. The molecule has 1 amide bonds. The van der Waals surface area contributed by atoms with Crippen molar-refractivity contribution in [3.8, 4) is 0 Å². The zero-order valence-corrected chi connectivity index (χ0v) is 8.64. The quantitative estimate of drug-likeness (QED) is 0.614. The van der Waals surface area contributed by atoms with Crippen LogP contribution in [0.15, 0.2) is 11.6 Å². The molecule has 0 aliphatic carbocycles. The fraction of sp³-hybridized carbons (Fsp3) is 0.700. The average Bonchev–Trinajstić information content (AvgIpc) is 2.25. The number of nitrogens with one attached hydrogen (secondary N) is 2. The predicted molar refractivity (Wildman–Crippen MR) is 55.1 cm³/mol. The first-order valence-electron chi connectivity index (χ1n) is 4.97. The number of hydrogen-bond donors (Lipinski definition) is 2. The molecule has 0 unspecified atom stereocenters. The number of rotatable bonds is 5. The van der Waals surface area contributed by atoms with Crippen LogP contribution in [0, 0.1) is 0 Å². The van der Waals surface area contributed by atoms with Crippen molar-refractivity contribution >= 4 is 5.91 Å². The molecule has 4 nitrogen and oxygen atoms in total. The Hall–Kier alpha value is -0.870. The molecule has 0 atom stereocenters. The van der Waals surface area contributed by atoms with Gasteiger partial charge < -0.3 is 15.4 Å². The summed E-state index contributed by atoms with van der Waals surface area (Å²) >= 11 is 0. The fourth-order valence-corrected chi connectivity index (χ4v) is 1.33. The second-order valence-corrected chi connectivity index (χ2v) is 3.34. The number of amides is 1. The highest BCUT2D eigenvalue weighted by atomic mass is 16.5. The van der Waals surface area contributed by atoms with E-state index in [4.69, 9.17) is 4.74 Å². The third-order valence-corrected chi connectivity index (χ3v) is 2.20. The maximum Gasteiger partial charge on any atom is 0.222 e. The lowest BCUT2D eigenvalue weighted by molar-refractivity contribution is -0.121. The molecule has 14 heavy (non-hydrogen) atoms. The van der Waals surface area contributed by atoms with E-state index < -0.39 is 0 Å². The van der Waals surface area contributed by atoms with Gasteiger partial charge in [-0.1, -0.05) is 11.6 Å². The Morgan fingerprint density at radius 3 is 3.21 bits per heavy atom. The molecule has 0 saturated heterocycles. The van der Waals surface area contributed by atoms with Gasteiger partial charge in [-0.25, -0.2) is 0 Å². The highest BCUT2D eigenvalue weighted by Crippen LogP contribution is 2.01. The van der Waals surface area contributed by atoms with E-state index in [-0.39, 0.29) is 5.91 Å². The molecule has 0 aromatic carbocycles. The third-order valence-electron chi connectivity index (χ3n) is 2.20. The van der Waals surface area contributed by atoms with E-state index in [0.29, 0.717) is 19.6 Å². The standard InChI is InChI=1S/C10H18N2O2/c1-14-7-4-10(13)12-8-9-2-5-11-6-3-9/h2,11H,3-8H2,1H3,(H,12,13). The second-order valence-electron chi connectivity index (χ2n) is 3.34. The van der Waals surface area contributed by atoms with Crippen molar-refractivity contribution in [3.63, 3.8) is 0 Å². The Kier molecular flexibility index (Phi) is 5.25. The van der Waals surface area contributed by atoms with Gasteiger partial charge in [-0.05, 0) is 13.0 Å². The summed E-state index contributed by atoms with van der Waals surface area (Å²) in [5.41, 5.74) is 1.31. The van der Waals surface area contributed by atoms with Gasteiger partial charge in [0, 0.05) is 26.6 Å². The van der Waals surface area contributed by atoms with E-state index in [2.05, 4.69) is 16.7 Å². The Labute approximate surface area is 84.7 Å². The van der Waals surface area contributed by atoms with Gasteiger partial charge in [0.2, 0.25) is 5.91 Å². The molecule has 1 aliphatic heterocycles. The smallest absolute Gasteiger partial charge is 0.222 e. The third kappa shape index (κ3) is 4.39. The Balaban J connectivity index is 2.12. The minimum Gasteiger partial charge on any atom is -0.384 e. The van der Waals surface area contributed by atoms with Gasteiger partial charge in [0.15, 0.2) is 0 Å². The highest BCUT2D eigenvalue weighted by molar-refractivity contribution is 5.76. The second kappa shape index (κ2) is 6.56. The molecule has 0 aromatic heterocycles. The van der Waals surface area contributed by atoms with E-state index in [1.54, 1.807) is 7.11 Å². The zero-order chi connectivity index (χ0) is 10.2. The molecule has 2 N–H and O–H groups in total. The van der Waals surface area contributed by atoms with Gasteiger partial charge >= 0.3 is 0 Å². The van der Waals surface area contributed by atoms with Crippen LogP contribution < -0.4 is 10.6 Å². The minimum absolute atomic E-state index is 0.0614. The summed E-state index contributed by atoms with van der Waals surface area (Å²) in [4.78, 5) is 11.2. The summed E-state index contributed by atoms with van der Waals surface area (Å²) in [6.45, 7) is 3.11. The molecule has 0 fully saturated rings. The van der Waals surface area contributed by atoms with E-state index in [9.17, 15) is 4.79 Å². The molecule has 4 heteroatoms. The molecule has 1 heterocycles. The van der Waals surface area contributed by atoms with Crippen LogP contribution in [0.3, 0.4) is 0 Å². The lowest BCUT2D eigenvalue weighted by atomic mass is 10.1. The van der Waals surface area contributed by atoms with Crippen molar-refractivity contribution < 1.29 is 9.53 Å². The molecular formula is C10H18N2O2. The zero-order valence-electron chi connectivity index (χ0n) is 8.64. The van der Waals surface area contributed by atoms with Gasteiger partial charge in [0.25, 0.3) is 0 Å². The number of methoxy groups -OCH3 is 1. The summed E-state index contributed by atoms with van der Waals surface area (Å²) in [6.07, 6.45) is 3.62. The molecule has 0 bridgehead atoms. The first kappa shape index (κ1) is 11.2. The number of ether oxygens (including phenoxy) is 1. The van der Waals surface area contributed by atoms with Crippen molar-refractivity contribution in [3.05, 3.63) is 11.6 Å². The highest BCUT2D eigenvalue weighted by Gasteiger charge is 2.04. The van der Waals surface area contributed by atoms with E-state index in [1.807, 2.05) is 0 Å². The van der Waals surface area contributed by atoms with E-state index in [0.717, 1.165) is 19.5 Å². The minimum atomic E-state index is 0.0614. The molecular weight excluding hydrogens is 180 g/mol. The van der Waals surface area contributed by atoms with Crippen molar-refractivity contribution in [2.75, 3.05) is 33.4 Å². The normalized spacial score (nSPS) is 16.2. The van der Waals surface area contributed by atoms with Crippen LogP contribution in [0.2, 0.25) is 0 Å². The fourth-order valence-electron chi connectivity index (χ4n) is 1.33. The number of hydrogen-bond acceptors (Lipinski definition) is 3. The van der Waals surface area contributed by atoms with Gasteiger partial charge in [-0.3, -0.25) is 4.79 Å². The first-order chi connectivity index (χ1) is 6.83. The van der Waals surface area contributed by atoms with Gasteiger partial charge in [0.05, 0.1) is 6.61 Å². The maximum atomic E-state index is 11.2. The van der Waals surface area contributed by atoms with Crippen LogP contribution in [0.4, 0.5) is 0 Å². The maximum absolute atomic E-state index is 11.2. The summed E-state index contributed by atoms with van der Waals surface area (Å²) in [5.74, 6) is 0.0614. The SMILES string of the molecule is COCCC(=O)NCC1=CCNCC1.